The second-order valence-corrected chi connectivity index (χ2v) is 6.23. The van der Waals surface area contributed by atoms with Crippen LogP contribution in [0.5, 0.6) is 0 Å². The van der Waals surface area contributed by atoms with Crippen LogP contribution >= 0.6 is 0 Å². The number of aromatic amines is 1. The Morgan fingerprint density at radius 1 is 1.05 bits per heavy atom. The minimum atomic E-state index is 0.500. The third-order valence-electron chi connectivity index (χ3n) is 4.32. The molecule has 1 aliphatic carbocycles. The molecule has 1 aromatic rings. The van der Waals surface area contributed by atoms with E-state index in [1.54, 1.807) is 0 Å². The number of hydrogen-bond donors (Lipinski definition) is 2. The topological polar surface area (TPSA) is 56.8 Å². The maximum absolute atomic E-state index is 4.76. The summed E-state index contributed by atoms with van der Waals surface area (Å²) in [5.41, 5.74) is 0. The first-order valence-corrected chi connectivity index (χ1v) is 7.65. The standard InChI is InChI=1S/C14H25N5/c1-10-8-19(9-11(2)15-10)14-16-13(17-18-14)12-6-4-3-5-7-12/h10-12,15H,3-9H2,1-2H3,(H,16,17,18). The molecule has 0 bridgehead atoms. The highest BCUT2D eigenvalue weighted by molar-refractivity contribution is 5.31. The Hall–Kier alpha value is -1.10. The van der Waals surface area contributed by atoms with Crippen LogP contribution < -0.4 is 10.2 Å². The molecule has 1 saturated carbocycles. The van der Waals surface area contributed by atoms with Gasteiger partial charge in [-0.25, -0.2) is 0 Å². The Labute approximate surface area is 115 Å². The van der Waals surface area contributed by atoms with Crippen LogP contribution in [0.2, 0.25) is 0 Å². The molecule has 1 aliphatic heterocycles. The van der Waals surface area contributed by atoms with Crippen molar-refractivity contribution in [3.05, 3.63) is 5.82 Å². The van der Waals surface area contributed by atoms with E-state index in [0.29, 0.717) is 18.0 Å². The smallest absolute Gasteiger partial charge is 0.244 e. The zero-order valence-corrected chi connectivity index (χ0v) is 12.0. The van der Waals surface area contributed by atoms with E-state index in [9.17, 15) is 0 Å². The number of hydrogen-bond acceptors (Lipinski definition) is 4. The van der Waals surface area contributed by atoms with Gasteiger partial charge >= 0.3 is 0 Å². The van der Waals surface area contributed by atoms with Gasteiger partial charge in [0.1, 0.15) is 5.82 Å². The summed E-state index contributed by atoms with van der Waals surface area (Å²) in [5.74, 6) is 2.60. The van der Waals surface area contributed by atoms with E-state index in [2.05, 4.69) is 34.3 Å². The van der Waals surface area contributed by atoms with Crippen molar-refractivity contribution in [3.8, 4) is 0 Å². The largest absolute Gasteiger partial charge is 0.336 e. The highest BCUT2D eigenvalue weighted by atomic mass is 15.4. The van der Waals surface area contributed by atoms with Crippen molar-refractivity contribution in [2.75, 3.05) is 18.0 Å². The highest BCUT2D eigenvalue weighted by Crippen LogP contribution is 2.31. The summed E-state index contributed by atoms with van der Waals surface area (Å²) in [4.78, 5) is 7.06. The molecule has 5 heteroatoms. The summed E-state index contributed by atoms with van der Waals surface area (Å²) in [5, 5.41) is 11.2. The van der Waals surface area contributed by atoms with Crippen LogP contribution in [0, 0.1) is 0 Å². The average molecular weight is 263 g/mol. The van der Waals surface area contributed by atoms with Gasteiger partial charge < -0.3 is 10.2 Å². The third kappa shape index (κ3) is 2.91. The van der Waals surface area contributed by atoms with Gasteiger partial charge in [0.25, 0.3) is 0 Å². The Balaban J connectivity index is 1.69. The summed E-state index contributed by atoms with van der Waals surface area (Å²) in [7, 11) is 0. The Bertz CT molecular complexity index is 400. The highest BCUT2D eigenvalue weighted by Gasteiger charge is 2.25. The second kappa shape index (κ2) is 5.49. The molecular formula is C14H25N5. The molecule has 0 aromatic carbocycles. The van der Waals surface area contributed by atoms with Gasteiger partial charge in [0, 0.05) is 31.1 Å². The van der Waals surface area contributed by atoms with Gasteiger partial charge in [-0.05, 0) is 26.7 Å². The maximum atomic E-state index is 4.76. The van der Waals surface area contributed by atoms with Crippen molar-refractivity contribution in [1.29, 1.82) is 0 Å². The summed E-state index contributed by atoms with van der Waals surface area (Å²) in [6, 6.07) is 1.00. The molecule has 0 amide bonds. The van der Waals surface area contributed by atoms with Gasteiger partial charge in [-0.1, -0.05) is 19.3 Å². The van der Waals surface area contributed by atoms with Crippen LogP contribution in [0.1, 0.15) is 57.7 Å². The lowest BCUT2D eigenvalue weighted by molar-refractivity contribution is 0.403. The van der Waals surface area contributed by atoms with Crippen LogP contribution in [0.15, 0.2) is 0 Å². The number of nitrogens with one attached hydrogen (secondary N) is 2. The summed E-state index contributed by atoms with van der Waals surface area (Å²) in [6.07, 6.45) is 6.58. The molecule has 1 aromatic heterocycles. The van der Waals surface area contributed by atoms with Crippen molar-refractivity contribution >= 4 is 5.95 Å². The lowest BCUT2D eigenvalue weighted by atomic mass is 9.89. The minimum absolute atomic E-state index is 0.500. The van der Waals surface area contributed by atoms with Crippen LogP contribution in [0.4, 0.5) is 5.95 Å². The van der Waals surface area contributed by atoms with E-state index in [1.807, 2.05) is 0 Å². The van der Waals surface area contributed by atoms with Gasteiger partial charge in [-0.2, -0.15) is 4.98 Å². The Morgan fingerprint density at radius 2 is 1.74 bits per heavy atom. The molecule has 0 spiro atoms. The molecule has 3 rings (SSSR count). The van der Waals surface area contributed by atoms with E-state index in [4.69, 9.17) is 4.98 Å². The summed E-state index contributed by atoms with van der Waals surface area (Å²) >= 11 is 0. The normalized spacial score (nSPS) is 29.7. The van der Waals surface area contributed by atoms with Crippen molar-refractivity contribution in [2.45, 2.75) is 64.0 Å². The first-order chi connectivity index (χ1) is 9.22. The SMILES string of the molecule is CC1CN(c2n[nH]c(C3CCCCC3)n2)CC(C)N1. The van der Waals surface area contributed by atoms with Crippen LogP contribution in [0.3, 0.4) is 0 Å². The first-order valence-electron chi connectivity index (χ1n) is 7.65. The van der Waals surface area contributed by atoms with E-state index in [0.717, 1.165) is 24.9 Å². The molecule has 1 saturated heterocycles. The van der Waals surface area contributed by atoms with Gasteiger partial charge in [-0.15, -0.1) is 5.10 Å². The average Bonchev–Trinajstić information content (AvgIpc) is 2.88. The number of rotatable bonds is 2. The number of nitrogens with zero attached hydrogens (tertiary/aromatic N) is 3. The number of aromatic nitrogens is 3. The van der Waals surface area contributed by atoms with Crippen LogP contribution in [0.25, 0.3) is 0 Å². The molecule has 19 heavy (non-hydrogen) atoms. The maximum Gasteiger partial charge on any atom is 0.244 e. The van der Waals surface area contributed by atoms with E-state index >= 15 is 0 Å². The summed E-state index contributed by atoms with van der Waals surface area (Å²) in [6.45, 7) is 6.42. The van der Waals surface area contributed by atoms with E-state index in [-0.39, 0.29) is 0 Å². The Kier molecular flexibility index (Phi) is 3.73. The summed E-state index contributed by atoms with van der Waals surface area (Å²) < 4.78 is 0. The third-order valence-corrected chi connectivity index (χ3v) is 4.32. The van der Waals surface area contributed by atoms with Gasteiger partial charge in [0.15, 0.2) is 0 Å². The Morgan fingerprint density at radius 3 is 2.42 bits per heavy atom. The molecule has 2 unspecified atom stereocenters. The molecule has 2 heterocycles. The molecular weight excluding hydrogens is 238 g/mol. The molecule has 2 N–H and O–H groups in total. The fraction of sp³-hybridized carbons (Fsp3) is 0.857. The van der Waals surface area contributed by atoms with E-state index < -0.39 is 0 Å². The van der Waals surface area contributed by atoms with Gasteiger partial charge in [0.05, 0.1) is 0 Å². The zero-order chi connectivity index (χ0) is 13.2. The quantitative estimate of drug-likeness (QED) is 0.857. The lowest BCUT2D eigenvalue weighted by Gasteiger charge is -2.35. The van der Waals surface area contributed by atoms with Gasteiger partial charge in [0.2, 0.25) is 5.95 Å². The minimum Gasteiger partial charge on any atom is -0.336 e. The van der Waals surface area contributed by atoms with E-state index in [1.165, 1.54) is 32.1 Å². The number of H-pyrrole nitrogens is 1. The van der Waals surface area contributed by atoms with Crippen LogP contribution in [-0.4, -0.2) is 40.4 Å². The fourth-order valence-electron chi connectivity index (χ4n) is 3.46. The first kappa shape index (κ1) is 12.9. The molecule has 2 fully saturated rings. The molecule has 0 radical (unpaired) electrons. The molecule has 106 valence electrons. The zero-order valence-electron chi connectivity index (χ0n) is 12.0. The molecule has 5 nitrogen and oxygen atoms in total. The van der Waals surface area contributed by atoms with Gasteiger partial charge in [-0.3, -0.25) is 5.10 Å². The molecule has 2 atom stereocenters. The van der Waals surface area contributed by atoms with Crippen molar-refractivity contribution in [3.63, 3.8) is 0 Å². The lowest BCUT2D eigenvalue weighted by Crippen LogP contribution is -2.54. The van der Waals surface area contributed by atoms with Crippen molar-refractivity contribution in [2.24, 2.45) is 0 Å². The number of anilines is 1. The second-order valence-electron chi connectivity index (χ2n) is 6.23. The molecule has 2 aliphatic rings. The van der Waals surface area contributed by atoms with Crippen molar-refractivity contribution in [1.82, 2.24) is 20.5 Å². The predicted octanol–water partition coefficient (Wildman–Crippen LogP) is 2.04. The van der Waals surface area contributed by atoms with Crippen molar-refractivity contribution < 1.29 is 0 Å². The monoisotopic (exact) mass is 263 g/mol. The van der Waals surface area contributed by atoms with Crippen LogP contribution in [-0.2, 0) is 0 Å². The predicted molar refractivity (Wildman–Crippen MR) is 76.5 cm³/mol. The fourth-order valence-corrected chi connectivity index (χ4v) is 3.46. The number of piperazine rings is 1.